The van der Waals surface area contributed by atoms with Gasteiger partial charge in [0.2, 0.25) is 5.13 Å². The molecule has 96 valence electrons. The molecule has 0 saturated carbocycles. The highest BCUT2D eigenvalue weighted by Gasteiger charge is 2.11. The fourth-order valence-corrected chi connectivity index (χ4v) is 2.08. The van der Waals surface area contributed by atoms with Crippen LogP contribution in [0.5, 0.6) is 0 Å². The zero-order chi connectivity index (χ0) is 13.0. The van der Waals surface area contributed by atoms with Gasteiger partial charge in [-0.15, -0.1) is 0 Å². The molecule has 0 aliphatic heterocycles. The van der Waals surface area contributed by atoms with E-state index in [1.165, 1.54) is 17.1 Å². The lowest BCUT2D eigenvalue weighted by Gasteiger charge is -2.05. The van der Waals surface area contributed by atoms with Gasteiger partial charge in [0.15, 0.2) is 5.82 Å². The summed E-state index contributed by atoms with van der Waals surface area (Å²) in [6, 6.07) is 3.98. The van der Waals surface area contributed by atoms with E-state index in [9.17, 15) is 0 Å². The number of hydrogen-bond donors (Lipinski definition) is 1. The minimum Gasteiger partial charge on any atom is -0.374 e. The van der Waals surface area contributed by atoms with Gasteiger partial charge >= 0.3 is 0 Å². The Morgan fingerprint density at radius 2 is 2.33 bits per heavy atom. The Morgan fingerprint density at radius 3 is 3.06 bits per heavy atom. The molecule has 0 amide bonds. The zero-order valence-corrected chi connectivity index (χ0v) is 11.5. The minimum atomic E-state index is -0.0756. The van der Waals surface area contributed by atoms with Crippen molar-refractivity contribution in [2.75, 3.05) is 12.4 Å². The molecule has 5 nitrogen and oxygen atoms in total. The van der Waals surface area contributed by atoms with E-state index in [4.69, 9.17) is 4.74 Å². The number of methoxy groups -OCH3 is 1. The molecule has 1 N–H and O–H groups in total. The highest BCUT2D eigenvalue weighted by molar-refractivity contribution is 7.09. The molecule has 2 heterocycles. The molecule has 0 aliphatic rings. The fraction of sp³-hybridized carbons (Fsp3) is 0.417. The Bertz CT molecular complexity index is 514. The standard InChI is InChI=1S/C12H16N4OS/c1-8-5-4-6-13-10(8)7-14-12-15-11(16-18-12)9(2)17-3/h4-6,9H,7H2,1-3H3,(H,14,15,16). The summed E-state index contributed by atoms with van der Waals surface area (Å²) in [5.41, 5.74) is 2.19. The average molecular weight is 264 g/mol. The van der Waals surface area contributed by atoms with Gasteiger partial charge in [-0.25, -0.2) is 4.98 Å². The van der Waals surface area contributed by atoms with E-state index in [2.05, 4.69) is 19.7 Å². The lowest BCUT2D eigenvalue weighted by molar-refractivity contribution is 0.113. The SMILES string of the molecule is COC(C)c1nsc(NCc2ncccc2C)n1. The molecule has 0 fully saturated rings. The topological polar surface area (TPSA) is 59.9 Å². The van der Waals surface area contributed by atoms with Crippen molar-refractivity contribution in [2.24, 2.45) is 0 Å². The Labute approximate surface area is 110 Å². The van der Waals surface area contributed by atoms with E-state index in [-0.39, 0.29) is 6.10 Å². The summed E-state index contributed by atoms with van der Waals surface area (Å²) in [5, 5.41) is 4.02. The molecule has 2 aromatic heterocycles. The molecule has 0 saturated heterocycles. The van der Waals surface area contributed by atoms with Crippen molar-refractivity contribution in [3.05, 3.63) is 35.4 Å². The molecule has 0 aromatic carbocycles. The summed E-state index contributed by atoms with van der Waals surface area (Å²) in [6.07, 6.45) is 1.72. The fourth-order valence-electron chi connectivity index (χ4n) is 1.44. The minimum absolute atomic E-state index is 0.0756. The van der Waals surface area contributed by atoms with Crippen LogP contribution in [0.4, 0.5) is 5.13 Å². The molecular formula is C12H16N4OS. The predicted octanol–water partition coefficient (Wildman–Crippen LogP) is 2.56. The van der Waals surface area contributed by atoms with Crippen LogP contribution in [-0.4, -0.2) is 21.5 Å². The van der Waals surface area contributed by atoms with Crippen LogP contribution in [-0.2, 0) is 11.3 Å². The second kappa shape index (κ2) is 5.88. The molecule has 1 unspecified atom stereocenters. The first-order chi connectivity index (χ1) is 8.70. The first kappa shape index (κ1) is 12.9. The van der Waals surface area contributed by atoms with Crippen molar-refractivity contribution in [1.29, 1.82) is 0 Å². The molecule has 0 aliphatic carbocycles. The maximum atomic E-state index is 5.17. The molecule has 0 bridgehead atoms. The third-order valence-electron chi connectivity index (χ3n) is 2.68. The van der Waals surface area contributed by atoms with Crippen molar-refractivity contribution in [3.63, 3.8) is 0 Å². The largest absolute Gasteiger partial charge is 0.374 e. The number of ether oxygens (including phenoxy) is 1. The summed E-state index contributed by atoms with van der Waals surface area (Å²) in [5.74, 6) is 0.711. The van der Waals surface area contributed by atoms with Crippen LogP contribution < -0.4 is 5.32 Å². The van der Waals surface area contributed by atoms with Crippen LogP contribution in [0, 0.1) is 6.92 Å². The molecule has 18 heavy (non-hydrogen) atoms. The summed E-state index contributed by atoms with van der Waals surface area (Å²) in [6.45, 7) is 4.62. The van der Waals surface area contributed by atoms with Crippen molar-refractivity contribution < 1.29 is 4.74 Å². The molecule has 6 heteroatoms. The summed E-state index contributed by atoms with van der Waals surface area (Å²) < 4.78 is 9.42. The number of aryl methyl sites for hydroxylation is 1. The van der Waals surface area contributed by atoms with Crippen LogP contribution in [0.2, 0.25) is 0 Å². The first-order valence-electron chi connectivity index (χ1n) is 5.71. The second-order valence-corrected chi connectivity index (χ2v) is 4.71. The van der Waals surface area contributed by atoms with E-state index in [0.717, 1.165) is 10.8 Å². The van der Waals surface area contributed by atoms with Gasteiger partial charge in [0.25, 0.3) is 0 Å². The molecule has 2 aromatic rings. The number of aromatic nitrogens is 3. The van der Waals surface area contributed by atoms with Gasteiger partial charge in [-0.05, 0) is 25.5 Å². The van der Waals surface area contributed by atoms with E-state index in [1.807, 2.05) is 26.0 Å². The number of anilines is 1. The van der Waals surface area contributed by atoms with Gasteiger partial charge < -0.3 is 10.1 Å². The van der Waals surface area contributed by atoms with Crippen LogP contribution in [0.3, 0.4) is 0 Å². The molecule has 2 rings (SSSR count). The number of nitrogens with zero attached hydrogens (tertiary/aromatic N) is 3. The monoisotopic (exact) mass is 264 g/mol. The first-order valence-corrected chi connectivity index (χ1v) is 6.49. The third kappa shape index (κ3) is 3.02. The quantitative estimate of drug-likeness (QED) is 0.899. The molecule has 0 spiro atoms. The van der Waals surface area contributed by atoms with E-state index in [0.29, 0.717) is 12.4 Å². The number of pyridine rings is 1. The Balaban J connectivity index is 1.98. The van der Waals surface area contributed by atoms with E-state index < -0.39 is 0 Å². The van der Waals surface area contributed by atoms with Gasteiger partial charge in [-0.1, -0.05) is 6.07 Å². The lowest BCUT2D eigenvalue weighted by Crippen LogP contribution is -2.04. The van der Waals surface area contributed by atoms with Gasteiger partial charge in [-0.2, -0.15) is 4.37 Å². The van der Waals surface area contributed by atoms with Gasteiger partial charge in [-0.3, -0.25) is 4.98 Å². The van der Waals surface area contributed by atoms with Crippen LogP contribution >= 0.6 is 11.5 Å². The zero-order valence-electron chi connectivity index (χ0n) is 10.7. The highest BCUT2D eigenvalue weighted by Crippen LogP contribution is 2.18. The van der Waals surface area contributed by atoms with Crippen molar-refractivity contribution in [2.45, 2.75) is 26.5 Å². The summed E-state index contributed by atoms with van der Waals surface area (Å²) in [4.78, 5) is 8.69. The van der Waals surface area contributed by atoms with Crippen LogP contribution in [0.1, 0.15) is 30.1 Å². The number of nitrogens with one attached hydrogen (secondary N) is 1. The smallest absolute Gasteiger partial charge is 0.202 e. The maximum Gasteiger partial charge on any atom is 0.202 e. The van der Waals surface area contributed by atoms with Gasteiger partial charge in [0.1, 0.15) is 6.10 Å². The van der Waals surface area contributed by atoms with Crippen molar-refractivity contribution >= 4 is 16.7 Å². The third-order valence-corrected chi connectivity index (χ3v) is 3.37. The number of rotatable bonds is 5. The Hall–Kier alpha value is -1.53. The van der Waals surface area contributed by atoms with Crippen molar-refractivity contribution in [3.8, 4) is 0 Å². The van der Waals surface area contributed by atoms with E-state index in [1.54, 1.807) is 13.3 Å². The maximum absolute atomic E-state index is 5.17. The van der Waals surface area contributed by atoms with Gasteiger partial charge in [0, 0.05) is 24.8 Å². The lowest BCUT2D eigenvalue weighted by atomic mass is 10.2. The van der Waals surface area contributed by atoms with Crippen LogP contribution in [0.25, 0.3) is 0 Å². The Morgan fingerprint density at radius 1 is 1.50 bits per heavy atom. The summed E-state index contributed by atoms with van der Waals surface area (Å²) in [7, 11) is 1.65. The molecule has 1 atom stereocenters. The number of hydrogen-bond acceptors (Lipinski definition) is 6. The second-order valence-electron chi connectivity index (χ2n) is 3.96. The van der Waals surface area contributed by atoms with Crippen molar-refractivity contribution in [1.82, 2.24) is 14.3 Å². The normalized spacial score (nSPS) is 12.4. The Kier molecular flexibility index (Phi) is 4.22. The predicted molar refractivity (Wildman–Crippen MR) is 71.6 cm³/mol. The molecule has 0 radical (unpaired) electrons. The van der Waals surface area contributed by atoms with Crippen LogP contribution in [0.15, 0.2) is 18.3 Å². The van der Waals surface area contributed by atoms with Gasteiger partial charge in [0.05, 0.1) is 12.2 Å². The summed E-state index contributed by atoms with van der Waals surface area (Å²) >= 11 is 1.34. The average Bonchev–Trinajstić information content (AvgIpc) is 2.86. The highest BCUT2D eigenvalue weighted by atomic mass is 32.1. The molecular weight excluding hydrogens is 248 g/mol. The van der Waals surface area contributed by atoms with E-state index >= 15 is 0 Å².